The Morgan fingerprint density at radius 1 is 1.09 bits per heavy atom. The minimum atomic E-state index is -3.99. The van der Waals surface area contributed by atoms with E-state index in [0.29, 0.717) is 17.9 Å². The van der Waals surface area contributed by atoms with E-state index in [1.807, 2.05) is 31.2 Å². The summed E-state index contributed by atoms with van der Waals surface area (Å²) in [7, 11) is -2.72. The van der Waals surface area contributed by atoms with Crippen molar-refractivity contribution in [1.82, 2.24) is 4.98 Å². The Morgan fingerprint density at radius 2 is 1.76 bits per heavy atom. The molecule has 7 nitrogen and oxygen atoms in total. The molecule has 0 aliphatic carbocycles. The molecule has 0 atom stereocenters. The second-order valence-electron chi connectivity index (χ2n) is 8.67. The van der Waals surface area contributed by atoms with Crippen molar-refractivity contribution in [3.05, 3.63) is 65.4 Å². The van der Waals surface area contributed by atoms with Crippen LogP contribution in [0.25, 0.3) is 11.5 Å². The van der Waals surface area contributed by atoms with E-state index >= 15 is 0 Å². The number of hydrogen-bond acceptors (Lipinski definition) is 6. The van der Waals surface area contributed by atoms with E-state index < -0.39 is 16.0 Å². The highest BCUT2D eigenvalue weighted by Crippen LogP contribution is 2.30. The van der Waals surface area contributed by atoms with Gasteiger partial charge in [0.25, 0.3) is 10.0 Å². The van der Waals surface area contributed by atoms with Gasteiger partial charge in [0.15, 0.2) is 5.82 Å². The van der Waals surface area contributed by atoms with Crippen molar-refractivity contribution in [2.24, 2.45) is 0 Å². The molecule has 0 radical (unpaired) electrons. The van der Waals surface area contributed by atoms with E-state index in [1.54, 1.807) is 13.0 Å². The van der Waals surface area contributed by atoms with Crippen molar-refractivity contribution in [3.63, 3.8) is 0 Å². The molecule has 0 bridgehead atoms. The first-order valence-electron chi connectivity index (χ1n) is 10.8. The maximum atomic E-state index is 13.4. The van der Waals surface area contributed by atoms with Crippen LogP contribution in [0.15, 0.2) is 58.0 Å². The summed E-state index contributed by atoms with van der Waals surface area (Å²) < 4.78 is 38.4. The number of rotatable bonds is 7. The van der Waals surface area contributed by atoms with Crippen LogP contribution in [0.1, 0.15) is 56.1 Å². The van der Waals surface area contributed by atoms with Crippen molar-refractivity contribution in [1.29, 1.82) is 0 Å². The second kappa shape index (κ2) is 9.39. The van der Waals surface area contributed by atoms with Crippen LogP contribution in [0, 0.1) is 0 Å². The van der Waals surface area contributed by atoms with Crippen LogP contribution in [0.5, 0.6) is 0 Å². The zero-order valence-electron chi connectivity index (χ0n) is 19.9. The lowest BCUT2D eigenvalue weighted by Gasteiger charge is -2.20. The Bertz CT molecular complexity index is 1240. The number of carbonyl (C=O) groups is 1. The summed E-state index contributed by atoms with van der Waals surface area (Å²) in [5.74, 6) is -0.0725. The van der Waals surface area contributed by atoms with E-state index in [0.717, 1.165) is 9.87 Å². The first-order valence-corrected chi connectivity index (χ1v) is 12.3. The second-order valence-corrected chi connectivity index (χ2v) is 10.5. The molecule has 0 N–H and O–H groups in total. The number of hydrogen-bond donors (Lipinski definition) is 0. The number of aryl methyl sites for hydroxylation is 1. The van der Waals surface area contributed by atoms with Gasteiger partial charge >= 0.3 is 5.97 Å². The number of benzene rings is 2. The Balaban J connectivity index is 1.97. The number of sulfonamides is 1. The molecule has 1 heterocycles. The molecule has 3 rings (SSSR count). The van der Waals surface area contributed by atoms with E-state index in [9.17, 15) is 13.2 Å². The van der Waals surface area contributed by atoms with Gasteiger partial charge in [0.1, 0.15) is 6.26 Å². The summed E-state index contributed by atoms with van der Waals surface area (Å²) in [5, 5.41) is 0. The number of carbonyl (C=O) groups excluding carboxylic acids is 1. The summed E-state index contributed by atoms with van der Waals surface area (Å²) in [4.78, 5) is 16.6. The maximum Gasteiger partial charge on any atom is 0.338 e. The molecule has 0 saturated heterocycles. The molecule has 0 aliphatic rings. The van der Waals surface area contributed by atoms with E-state index in [4.69, 9.17) is 9.15 Å². The predicted molar refractivity (Wildman–Crippen MR) is 128 cm³/mol. The molecule has 0 spiro atoms. The average molecular weight is 471 g/mol. The van der Waals surface area contributed by atoms with Gasteiger partial charge in [-0.25, -0.2) is 17.5 Å². The van der Waals surface area contributed by atoms with Crippen molar-refractivity contribution in [3.8, 4) is 11.5 Å². The van der Waals surface area contributed by atoms with Crippen molar-refractivity contribution >= 4 is 21.8 Å². The van der Waals surface area contributed by atoms with Gasteiger partial charge in [0, 0.05) is 12.1 Å². The monoisotopic (exact) mass is 470 g/mol. The molecule has 176 valence electrons. The van der Waals surface area contributed by atoms with Gasteiger partial charge in [-0.1, -0.05) is 45.9 Å². The Labute approximate surface area is 195 Å². The van der Waals surface area contributed by atoms with E-state index in [-0.39, 0.29) is 28.2 Å². The van der Waals surface area contributed by atoms with E-state index in [2.05, 4.69) is 25.8 Å². The fourth-order valence-electron chi connectivity index (χ4n) is 3.53. The molecule has 33 heavy (non-hydrogen) atoms. The molecule has 8 heteroatoms. The number of anilines is 1. The summed E-state index contributed by atoms with van der Waals surface area (Å²) in [6, 6.07) is 12.3. The van der Waals surface area contributed by atoms with Crippen LogP contribution in [-0.4, -0.2) is 33.0 Å². The standard InChI is InChI=1S/C25H30N2O5S/c1-7-17-11-14-20(15-21(17)24(28)31-6)33(29,30)27(8-2)22-16-32-23(26-22)18-9-12-19(13-10-18)25(3,4)5/h9-16H,7-8H2,1-6H3. The Hall–Kier alpha value is -3.13. The number of ether oxygens (including phenoxy) is 1. The van der Waals surface area contributed by atoms with Gasteiger partial charge in [0.2, 0.25) is 5.89 Å². The van der Waals surface area contributed by atoms with Gasteiger partial charge in [-0.2, -0.15) is 4.98 Å². The fourth-order valence-corrected chi connectivity index (χ4v) is 4.96. The molecule has 1 aromatic heterocycles. The number of nitrogens with zero attached hydrogens (tertiary/aromatic N) is 2. The molecule has 0 fully saturated rings. The quantitative estimate of drug-likeness (QED) is 0.441. The van der Waals surface area contributed by atoms with Gasteiger partial charge in [-0.05, 0) is 54.2 Å². The third-order valence-electron chi connectivity index (χ3n) is 5.49. The van der Waals surface area contributed by atoms with Crippen molar-refractivity contribution < 1.29 is 22.4 Å². The van der Waals surface area contributed by atoms with Crippen LogP contribution in [0.3, 0.4) is 0 Å². The van der Waals surface area contributed by atoms with Crippen molar-refractivity contribution in [2.45, 2.75) is 51.3 Å². The highest BCUT2D eigenvalue weighted by atomic mass is 32.2. The van der Waals surface area contributed by atoms with Crippen molar-refractivity contribution in [2.75, 3.05) is 18.0 Å². The van der Waals surface area contributed by atoms with Gasteiger partial charge in [-0.3, -0.25) is 0 Å². The van der Waals surface area contributed by atoms with Gasteiger partial charge in [-0.15, -0.1) is 0 Å². The topological polar surface area (TPSA) is 89.7 Å². The highest BCUT2D eigenvalue weighted by Gasteiger charge is 2.28. The minimum absolute atomic E-state index is 0.0129. The third kappa shape index (κ3) is 4.95. The van der Waals surface area contributed by atoms with Crippen LogP contribution in [0.4, 0.5) is 5.82 Å². The predicted octanol–water partition coefficient (Wildman–Crippen LogP) is 5.20. The lowest BCUT2D eigenvalue weighted by atomic mass is 9.87. The van der Waals surface area contributed by atoms with Crippen LogP contribution in [0.2, 0.25) is 0 Å². The summed E-state index contributed by atoms with van der Waals surface area (Å²) in [6.07, 6.45) is 1.90. The SMILES string of the molecule is CCc1ccc(S(=O)(=O)N(CC)c2coc(-c3ccc(C(C)(C)C)cc3)n2)cc1C(=O)OC. The molecular formula is C25H30N2O5S. The number of esters is 1. The van der Waals surface area contributed by atoms with Crippen LogP contribution >= 0.6 is 0 Å². The maximum absolute atomic E-state index is 13.4. The van der Waals surface area contributed by atoms with Crippen LogP contribution in [-0.2, 0) is 26.6 Å². The highest BCUT2D eigenvalue weighted by molar-refractivity contribution is 7.92. The zero-order valence-corrected chi connectivity index (χ0v) is 20.7. The normalized spacial score (nSPS) is 11.9. The van der Waals surface area contributed by atoms with Crippen LogP contribution < -0.4 is 4.31 Å². The number of methoxy groups -OCH3 is 1. The smallest absolute Gasteiger partial charge is 0.338 e. The molecule has 0 aliphatic heterocycles. The first kappa shape index (κ1) is 24.5. The lowest BCUT2D eigenvalue weighted by Crippen LogP contribution is -2.31. The molecule has 0 unspecified atom stereocenters. The Kier molecular flexibility index (Phi) is 6.97. The largest absolute Gasteiger partial charge is 0.465 e. The molecule has 3 aromatic rings. The minimum Gasteiger partial charge on any atom is -0.465 e. The van der Waals surface area contributed by atoms with Gasteiger partial charge in [0.05, 0.1) is 17.6 Å². The fraction of sp³-hybridized carbons (Fsp3) is 0.360. The molecule has 0 saturated carbocycles. The number of aromatic nitrogens is 1. The zero-order chi connectivity index (χ0) is 24.4. The lowest BCUT2D eigenvalue weighted by molar-refractivity contribution is 0.0599. The molecule has 2 aromatic carbocycles. The Morgan fingerprint density at radius 3 is 2.30 bits per heavy atom. The summed E-state index contributed by atoms with van der Waals surface area (Å²) in [6.45, 7) is 10.1. The summed E-state index contributed by atoms with van der Waals surface area (Å²) >= 11 is 0. The summed E-state index contributed by atoms with van der Waals surface area (Å²) in [5.41, 5.74) is 2.89. The third-order valence-corrected chi connectivity index (χ3v) is 7.36. The number of oxazole rings is 1. The molecular weight excluding hydrogens is 440 g/mol. The van der Waals surface area contributed by atoms with Gasteiger partial charge < -0.3 is 9.15 Å². The molecule has 0 amide bonds. The first-order chi connectivity index (χ1) is 15.5. The average Bonchev–Trinajstić information content (AvgIpc) is 3.27. The van der Waals surface area contributed by atoms with E-state index in [1.165, 1.54) is 31.1 Å².